The van der Waals surface area contributed by atoms with E-state index < -0.39 is 0 Å². The van der Waals surface area contributed by atoms with E-state index in [1.165, 1.54) is 52.3 Å². The minimum absolute atomic E-state index is 0.874. The van der Waals surface area contributed by atoms with Crippen LogP contribution in [0, 0.1) is 0 Å². The van der Waals surface area contributed by atoms with E-state index in [0.717, 1.165) is 16.7 Å². The Hall–Kier alpha value is -2.19. The van der Waals surface area contributed by atoms with Crippen molar-refractivity contribution in [2.45, 2.75) is 25.7 Å². The molecule has 3 aromatic rings. The maximum Gasteiger partial charge on any atom is 0.106 e. The smallest absolute Gasteiger partial charge is 0.106 e. The Morgan fingerprint density at radius 1 is 0.920 bits per heavy atom. The highest BCUT2D eigenvalue weighted by Gasteiger charge is 2.20. The fourth-order valence-corrected chi connectivity index (χ4v) is 4.51. The molecule has 0 amide bonds. The van der Waals surface area contributed by atoms with Gasteiger partial charge in [0, 0.05) is 5.56 Å². The second kappa shape index (κ2) is 5.96. The predicted molar refractivity (Wildman–Crippen MR) is 108 cm³/mol. The van der Waals surface area contributed by atoms with Crippen LogP contribution < -0.4 is 0 Å². The van der Waals surface area contributed by atoms with E-state index in [0.29, 0.717) is 0 Å². The number of halogens is 1. The van der Waals surface area contributed by atoms with E-state index in [2.05, 4.69) is 69.5 Å². The van der Waals surface area contributed by atoms with Crippen LogP contribution in [-0.2, 0) is 6.42 Å². The Kier molecular flexibility index (Phi) is 3.60. The van der Waals surface area contributed by atoms with Crippen LogP contribution >= 0.6 is 15.9 Å². The van der Waals surface area contributed by atoms with Crippen LogP contribution in [0.15, 0.2) is 70.9 Å². The van der Waals surface area contributed by atoms with Crippen molar-refractivity contribution < 1.29 is 0 Å². The molecule has 1 heterocycles. The monoisotopic (exact) mass is 387 g/mol. The summed E-state index contributed by atoms with van der Waals surface area (Å²) in [7, 11) is 0. The van der Waals surface area contributed by atoms with Crippen LogP contribution in [0.5, 0.6) is 0 Å². The number of allylic oxidation sites excluding steroid dienone is 4. The molecule has 2 aromatic carbocycles. The first kappa shape index (κ1) is 15.1. The first-order valence-corrected chi connectivity index (χ1v) is 9.66. The summed E-state index contributed by atoms with van der Waals surface area (Å²) in [4.78, 5) is 4.59. The van der Waals surface area contributed by atoms with Crippen molar-refractivity contribution in [3.63, 3.8) is 0 Å². The van der Waals surface area contributed by atoms with Gasteiger partial charge in [0.05, 0.1) is 5.69 Å². The number of aryl methyl sites for hydroxylation is 1. The zero-order chi connectivity index (χ0) is 16.8. The Labute approximate surface area is 156 Å². The molecule has 2 heteroatoms. The normalized spacial score (nSPS) is 16.0. The van der Waals surface area contributed by atoms with Gasteiger partial charge in [-0.05, 0) is 87.3 Å². The van der Waals surface area contributed by atoms with Gasteiger partial charge in [0.1, 0.15) is 4.60 Å². The van der Waals surface area contributed by atoms with E-state index in [1.807, 2.05) is 12.1 Å². The summed E-state index contributed by atoms with van der Waals surface area (Å²) in [6.07, 6.45) is 9.46. The molecule has 0 saturated heterocycles. The lowest BCUT2D eigenvalue weighted by atomic mass is 9.79. The van der Waals surface area contributed by atoms with Gasteiger partial charge in [-0.3, -0.25) is 0 Å². The average Bonchev–Trinajstić information content (AvgIpc) is 2.67. The number of fused-ring (bicyclic) bond motifs is 4. The fourth-order valence-electron chi connectivity index (χ4n) is 4.17. The largest absolute Gasteiger partial charge is 0.241 e. The highest BCUT2D eigenvalue weighted by atomic mass is 79.9. The number of benzene rings is 2. The summed E-state index contributed by atoms with van der Waals surface area (Å²) < 4.78 is 0.874. The van der Waals surface area contributed by atoms with Crippen LogP contribution in [0.2, 0.25) is 0 Å². The molecule has 1 aromatic heterocycles. The molecule has 122 valence electrons. The lowest BCUT2D eigenvalue weighted by molar-refractivity contribution is 0.831. The molecular formula is C23H18BrN. The van der Waals surface area contributed by atoms with Gasteiger partial charge in [0.2, 0.25) is 0 Å². The Bertz CT molecular complexity index is 1060. The summed E-state index contributed by atoms with van der Waals surface area (Å²) in [6.45, 7) is 0. The van der Waals surface area contributed by atoms with E-state index in [9.17, 15) is 0 Å². The molecule has 2 aliphatic carbocycles. The Morgan fingerprint density at radius 3 is 2.80 bits per heavy atom. The quantitative estimate of drug-likeness (QED) is 0.422. The standard InChI is InChI=1S/C23H18BrN/c24-23-7-3-6-22(25-23)17-10-11-19-16(14-17)9-13-20-18-5-2-1-4-15(18)8-12-21(19)20/h2-3,5-7,9-11,13-14H,1,4,8,12H2. The van der Waals surface area contributed by atoms with Gasteiger partial charge in [-0.25, -0.2) is 4.98 Å². The molecule has 2 aliphatic rings. The first-order chi connectivity index (χ1) is 12.3. The van der Waals surface area contributed by atoms with Crippen molar-refractivity contribution in [2.24, 2.45) is 0 Å². The van der Waals surface area contributed by atoms with E-state index in [1.54, 1.807) is 5.57 Å². The Balaban J connectivity index is 1.66. The van der Waals surface area contributed by atoms with E-state index in [4.69, 9.17) is 0 Å². The van der Waals surface area contributed by atoms with Gasteiger partial charge >= 0.3 is 0 Å². The molecule has 5 rings (SSSR count). The van der Waals surface area contributed by atoms with E-state index >= 15 is 0 Å². The first-order valence-electron chi connectivity index (χ1n) is 8.87. The number of rotatable bonds is 1. The van der Waals surface area contributed by atoms with Gasteiger partial charge in [0.25, 0.3) is 0 Å². The van der Waals surface area contributed by atoms with Gasteiger partial charge in [-0.1, -0.05) is 48.1 Å². The molecule has 0 saturated carbocycles. The Morgan fingerprint density at radius 2 is 1.88 bits per heavy atom. The number of pyridine rings is 1. The average molecular weight is 388 g/mol. The van der Waals surface area contributed by atoms with Crippen LogP contribution in [0.3, 0.4) is 0 Å². The van der Waals surface area contributed by atoms with Crippen LogP contribution in [-0.4, -0.2) is 4.98 Å². The summed E-state index contributed by atoms with van der Waals surface area (Å²) in [5.74, 6) is 0. The molecule has 0 atom stereocenters. The number of hydrogen-bond acceptors (Lipinski definition) is 1. The van der Waals surface area contributed by atoms with Crippen LogP contribution in [0.1, 0.15) is 30.4 Å². The molecule has 0 fully saturated rings. The van der Waals surface area contributed by atoms with Crippen molar-refractivity contribution in [2.75, 3.05) is 0 Å². The molecule has 0 spiro atoms. The van der Waals surface area contributed by atoms with Crippen molar-refractivity contribution >= 4 is 32.3 Å². The summed E-state index contributed by atoms with van der Waals surface area (Å²) >= 11 is 3.47. The van der Waals surface area contributed by atoms with Gasteiger partial charge in [-0.2, -0.15) is 0 Å². The van der Waals surface area contributed by atoms with Crippen molar-refractivity contribution in [1.82, 2.24) is 4.98 Å². The number of hydrogen-bond donors (Lipinski definition) is 0. The molecule has 0 unspecified atom stereocenters. The molecule has 0 bridgehead atoms. The highest BCUT2D eigenvalue weighted by molar-refractivity contribution is 9.10. The molecule has 0 aliphatic heterocycles. The molecular weight excluding hydrogens is 370 g/mol. The van der Waals surface area contributed by atoms with Crippen molar-refractivity contribution in [1.29, 1.82) is 0 Å². The lowest BCUT2D eigenvalue weighted by Gasteiger charge is -2.25. The lowest BCUT2D eigenvalue weighted by Crippen LogP contribution is -2.07. The summed E-state index contributed by atoms with van der Waals surface area (Å²) in [5, 5.41) is 2.70. The van der Waals surface area contributed by atoms with Crippen LogP contribution in [0.25, 0.3) is 27.6 Å². The van der Waals surface area contributed by atoms with Gasteiger partial charge < -0.3 is 0 Å². The topological polar surface area (TPSA) is 12.9 Å². The molecule has 1 nitrogen and oxygen atoms in total. The second-order valence-electron chi connectivity index (χ2n) is 6.83. The fraction of sp³-hybridized carbons (Fsp3) is 0.174. The molecule has 0 radical (unpaired) electrons. The van der Waals surface area contributed by atoms with E-state index in [-0.39, 0.29) is 0 Å². The third-order valence-corrected chi connectivity index (χ3v) is 5.83. The zero-order valence-electron chi connectivity index (χ0n) is 13.9. The van der Waals surface area contributed by atoms with Crippen LogP contribution in [0.4, 0.5) is 0 Å². The predicted octanol–water partition coefficient (Wildman–Crippen LogP) is 6.71. The zero-order valence-corrected chi connectivity index (χ0v) is 15.5. The van der Waals surface area contributed by atoms with Crippen molar-refractivity contribution in [3.8, 4) is 11.3 Å². The number of nitrogens with zero attached hydrogens (tertiary/aromatic N) is 1. The summed E-state index contributed by atoms with van der Waals surface area (Å²) in [6, 6.07) is 17.4. The SMILES string of the molecule is Brc1cccc(-c2ccc3c4c(ccc3c2)C2=C(CCC=C2)CC4)n1. The third-order valence-electron chi connectivity index (χ3n) is 5.39. The summed E-state index contributed by atoms with van der Waals surface area (Å²) in [5.41, 5.74) is 8.25. The van der Waals surface area contributed by atoms with Gasteiger partial charge in [-0.15, -0.1) is 0 Å². The minimum atomic E-state index is 0.874. The molecule has 25 heavy (non-hydrogen) atoms. The van der Waals surface area contributed by atoms with Gasteiger partial charge in [0.15, 0.2) is 0 Å². The second-order valence-corrected chi connectivity index (χ2v) is 7.64. The highest BCUT2D eigenvalue weighted by Crippen LogP contribution is 2.40. The molecule has 0 N–H and O–H groups in total. The minimum Gasteiger partial charge on any atom is -0.241 e. The maximum absolute atomic E-state index is 4.59. The third kappa shape index (κ3) is 2.56. The maximum atomic E-state index is 4.59. The number of aromatic nitrogens is 1. The van der Waals surface area contributed by atoms with Crippen molar-refractivity contribution in [3.05, 3.63) is 82.0 Å².